The van der Waals surface area contributed by atoms with Crippen LogP contribution >= 0.6 is 0 Å². The molecule has 1 unspecified atom stereocenters. The van der Waals surface area contributed by atoms with E-state index in [1.165, 1.54) is 0 Å². The summed E-state index contributed by atoms with van der Waals surface area (Å²) in [7, 11) is 2.00. The lowest BCUT2D eigenvalue weighted by atomic mass is 9.62. The number of hydrogen-bond acceptors (Lipinski definition) is 4. The van der Waals surface area contributed by atoms with Crippen molar-refractivity contribution in [3.8, 4) is 0 Å². The van der Waals surface area contributed by atoms with Gasteiger partial charge in [-0.3, -0.25) is 4.98 Å². The van der Waals surface area contributed by atoms with Crippen molar-refractivity contribution in [1.82, 2.24) is 9.88 Å². The molecule has 1 atom stereocenters. The van der Waals surface area contributed by atoms with Crippen LogP contribution in [0.15, 0.2) is 42.7 Å². The second-order valence-electron chi connectivity index (χ2n) is 10.2. The zero-order chi connectivity index (χ0) is 22.8. The molecule has 2 aromatic rings. The van der Waals surface area contributed by atoms with Gasteiger partial charge in [-0.2, -0.15) is 13.2 Å². The first-order valence-corrected chi connectivity index (χ1v) is 11.4. The minimum absolute atomic E-state index is 0.129. The molecule has 0 radical (unpaired) electrons. The molecule has 3 heterocycles. The van der Waals surface area contributed by atoms with Crippen molar-refractivity contribution in [2.24, 2.45) is 5.41 Å². The third-order valence-corrected chi connectivity index (χ3v) is 7.87. The summed E-state index contributed by atoms with van der Waals surface area (Å²) < 4.78 is 40.8. The first kappa shape index (κ1) is 21.7. The van der Waals surface area contributed by atoms with Crippen molar-refractivity contribution >= 4 is 5.69 Å². The average Bonchev–Trinajstić information content (AvgIpc) is 3.40. The number of halogens is 3. The van der Waals surface area contributed by atoms with Gasteiger partial charge in [0.1, 0.15) is 5.60 Å². The molecule has 4 nitrogen and oxygen atoms in total. The quantitative estimate of drug-likeness (QED) is 0.738. The van der Waals surface area contributed by atoms with E-state index in [0.29, 0.717) is 24.2 Å². The highest BCUT2D eigenvalue weighted by Crippen LogP contribution is 2.59. The highest BCUT2D eigenvalue weighted by molar-refractivity contribution is 5.51. The molecule has 1 aliphatic carbocycles. The molecular weight excluding hydrogens is 415 g/mol. The lowest BCUT2D eigenvalue weighted by molar-refractivity contribution is -0.160. The van der Waals surface area contributed by atoms with Gasteiger partial charge in [0.15, 0.2) is 0 Å². The van der Waals surface area contributed by atoms with Crippen LogP contribution in [-0.2, 0) is 11.0 Å². The van der Waals surface area contributed by atoms with Gasteiger partial charge in [-0.1, -0.05) is 31.2 Å². The van der Waals surface area contributed by atoms with Crippen LogP contribution in [0.3, 0.4) is 0 Å². The summed E-state index contributed by atoms with van der Waals surface area (Å²) in [6.07, 6.45) is 1.82. The predicted molar refractivity (Wildman–Crippen MR) is 118 cm³/mol. The van der Waals surface area contributed by atoms with E-state index in [1.54, 1.807) is 30.5 Å². The molecule has 2 saturated heterocycles. The molecule has 32 heavy (non-hydrogen) atoms. The van der Waals surface area contributed by atoms with Gasteiger partial charge in [0, 0.05) is 43.4 Å². The van der Waals surface area contributed by atoms with E-state index in [9.17, 15) is 18.3 Å². The Bertz CT molecular complexity index is 990. The van der Waals surface area contributed by atoms with E-state index in [0.717, 1.165) is 31.6 Å². The van der Waals surface area contributed by atoms with Crippen LogP contribution in [0.1, 0.15) is 49.3 Å². The number of aliphatic hydroxyl groups is 1. The Hall–Kier alpha value is -2.12. The summed E-state index contributed by atoms with van der Waals surface area (Å²) in [6.45, 7) is 5.36. The molecule has 0 spiro atoms. The molecule has 1 N–H and O–H groups in total. The number of anilines is 1. The van der Waals surface area contributed by atoms with Crippen molar-refractivity contribution in [2.45, 2.75) is 49.8 Å². The Morgan fingerprint density at radius 2 is 1.59 bits per heavy atom. The molecule has 3 aliphatic rings. The third-order valence-electron chi connectivity index (χ3n) is 7.87. The van der Waals surface area contributed by atoms with E-state index in [2.05, 4.69) is 14.8 Å². The van der Waals surface area contributed by atoms with Gasteiger partial charge in [0.25, 0.3) is 0 Å². The highest BCUT2D eigenvalue weighted by atomic mass is 19.4. The number of pyridine rings is 1. The second-order valence-corrected chi connectivity index (χ2v) is 10.2. The standard InChI is InChI=1S/C25H30F3N3O/c1-22(16-30(2)17-22)24(32,20-13-21(15-29-14-20)31-11-3-4-12-31)19-7-5-18(6-8-19)23(9-10-23)25(26,27)28/h5-8,13-15,32H,3-4,9-12,16-17H2,1-2H3. The number of nitrogens with zero attached hydrogens (tertiary/aromatic N) is 3. The second kappa shape index (κ2) is 7.19. The van der Waals surface area contributed by atoms with Gasteiger partial charge in [-0.25, -0.2) is 0 Å². The molecule has 2 aliphatic heterocycles. The number of benzene rings is 1. The molecule has 172 valence electrons. The van der Waals surface area contributed by atoms with Gasteiger partial charge in [0.2, 0.25) is 0 Å². The normalized spacial score (nSPS) is 24.1. The molecule has 1 saturated carbocycles. The van der Waals surface area contributed by atoms with Crippen LogP contribution < -0.4 is 4.90 Å². The maximum absolute atomic E-state index is 13.6. The van der Waals surface area contributed by atoms with Crippen molar-refractivity contribution in [1.29, 1.82) is 0 Å². The van der Waals surface area contributed by atoms with Crippen LogP contribution in [0, 0.1) is 5.41 Å². The molecule has 1 aromatic carbocycles. The minimum Gasteiger partial charge on any atom is -0.380 e. The van der Waals surface area contributed by atoms with Gasteiger partial charge in [-0.05, 0) is 49.9 Å². The average molecular weight is 446 g/mol. The van der Waals surface area contributed by atoms with Gasteiger partial charge in [-0.15, -0.1) is 0 Å². The largest absolute Gasteiger partial charge is 0.398 e. The van der Waals surface area contributed by atoms with Crippen molar-refractivity contribution in [3.63, 3.8) is 0 Å². The van der Waals surface area contributed by atoms with Crippen molar-refractivity contribution in [2.75, 3.05) is 38.1 Å². The van der Waals surface area contributed by atoms with Crippen LogP contribution in [0.25, 0.3) is 0 Å². The Labute approximate surface area is 187 Å². The molecule has 0 amide bonds. The summed E-state index contributed by atoms with van der Waals surface area (Å²) in [6, 6.07) is 8.50. The van der Waals surface area contributed by atoms with Crippen molar-refractivity contribution in [3.05, 3.63) is 59.4 Å². The van der Waals surface area contributed by atoms with Crippen LogP contribution in [0.5, 0.6) is 0 Å². The number of aromatic nitrogens is 1. The maximum Gasteiger partial charge on any atom is 0.398 e. The first-order valence-electron chi connectivity index (χ1n) is 11.4. The molecule has 3 fully saturated rings. The van der Waals surface area contributed by atoms with Gasteiger partial charge in [0.05, 0.1) is 17.3 Å². The summed E-state index contributed by atoms with van der Waals surface area (Å²) in [4.78, 5) is 8.86. The molecule has 5 rings (SSSR count). The fourth-order valence-corrected chi connectivity index (χ4v) is 5.90. The summed E-state index contributed by atoms with van der Waals surface area (Å²) >= 11 is 0. The smallest absolute Gasteiger partial charge is 0.380 e. The Morgan fingerprint density at radius 1 is 0.969 bits per heavy atom. The van der Waals surface area contributed by atoms with Crippen LogP contribution in [0.2, 0.25) is 0 Å². The number of likely N-dealkylation sites (tertiary alicyclic amines) is 1. The Kier molecular flexibility index (Phi) is 4.88. The zero-order valence-electron chi connectivity index (χ0n) is 18.6. The molecule has 7 heteroatoms. The first-order chi connectivity index (χ1) is 15.1. The summed E-state index contributed by atoms with van der Waals surface area (Å²) in [5.74, 6) is 0. The highest BCUT2D eigenvalue weighted by Gasteiger charge is 2.64. The Morgan fingerprint density at radius 3 is 2.12 bits per heavy atom. The van der Waals surface area contributed by atoms with E-state index in [-0.39, 0.29) is 18.4 Å². The van der Waals surface area contributed by atoms with E-state index in [4.69, 9.17) is 0 Å². The number of alkyl halides is 3. The fourth-order valence-electron chi connectivity index (χ4n) is 5.90. The molecule has 0 bridgehead atoms. The monoisotopic (exact) mass is 445 g/mol. The van der Waals surface area contributed by atoms with Crippen LogP contribution in [0.4, 0.5) is 18.9 Å². The Balaban J connectivity index is 1.56. The lowest BCUT2D eigenvalue weighted by Crippen LogP contribution is -2.63. The van der Waals surface area contributed by atoms with E-state index >= 15 is 0 Å². The maximum atomic E-state index is 13.6. The van der Waals surface area contributed by atoms with Crippen molar-refractivity contribution < 1.29 is 18.3 Å². The van der Waals surface area contributed by atoms with Gasteiger partial charge >= 0.3 is 6.18 Å². The predicted octanol–water partition coefficient (Wildman–Crippen LogP) is 4.46. The van der Waals surface area contributed by atoms with Crippen LogP contribution in [-0.4, -0.2) is 54.4 Å². The number of rotatable bonds is 5. The SMILES string of the molecule is CN1CC(C)(C(O)(c2ccc(C3(C(F)(F)F)CC3)cc2)c2cncc(N3CCCC3)c2)C1. The van der Waals surface area contributed by atoms with Gasteiger partial charge < -0.3 is 14.9 Å². The zero-order valence-corrected chi connectivity index (χ0v) is 18.6. The van der Waals surface area contributed by atoms with E-state index in [1.807, 2.05) is 26.2 Å². The topological polar surface area (TPSA) is 39.6 Å². The summed E-state index contributed by atoms with van der Waals surface area (Å²) in [5, 5.41) is 12.3. The molecular formula is C25H30F3N3O. The fraction of sp³-hybridized carbons (Fsp3) is 0.560. The lowest BCUT2D eigenvalue weighted by Gasteiger charge is -2.56. The minimum atomic E-state index is -4.25. The summed E-state index contributed by atoms with van der Waals surface area (Å²) in [5.41, 5.74) is -0.957. The van der Waals surface area contributed by atoms with E-state index < -0.39 is 22.6 Å². The number of hydrogen-bond donors (Lipinski definition) is 1. The third kappa shape index (κ3) is 3.16. The molecule has 1 aromatic heterocycles.